The number of anilines is 1. The summed E-state index contributed by atoms with van der Waals surface area (Å²) in [6, 6.07) is 4.13. The number of carbonyl (C=O) groups is 1. The molecule has 0 saturated carbocycles. The number of thioether (sulfide) groups is 1. The van der Waals surface area contributed by atoms with Crippen LogP contribution in [0, 0.1) is 0 Å². The maximum atomic E-state index is 12.4. The minimum Gasteiger partial charge on any atom is -0.312 e. The van der Waals surface area contributed by atoms with Gasteiger partial charge in [0.05, 0.1) is 0 Å². The summed E-state index contributed by atoms with van der Waals surface area (Å²) in [6.45, 7) is 1.56. The number of amides is 1. The number of hydrogen-bond donors (Lipinski definition) is 3. The van der Waals surface area contributed by atoms with E-state index in [1.807, 2.05) is 6.07 Å². The van der Waals surface area contributed by atoms with Crippen LogP contribution in [0.1, 0.15) is 26.6 Å². The maximum Gasteiger partial charge on any atom is 0.278 e. The fourth-order valence-electron chi connectivity index (χ4n) is 2.42. The van der Waals surface area contributed by atoms with Gasteiger partial charge >= 0.3 is 0 Å². The average molecular weight is 415 g/mol. The molecule has 0 spiro atoms. The highest BCUT2D eigenvalue weighted by Crippen LogP contribution is 2.29. The lowest BCUT2D eigenvalue weighted by Gasteiger charge is -2.12. The summed E-state index contributed by atoms with van der Waals surface area (Å²) >= 11 is 4.72. The Morgan fingerprint density at radius 2 is 2.32 bits per heavy atom. The van der Waals surface area contributed by atoms with Crippen LogP contribution < -0.4 is 10.6 Å². The van der Waals surface area contributed by atoms with E-state index in [-0.39, 0.29) is 18.3 Å². The molecule has 0 bridgehead atoms. The zero-order valence-electron chi connectivity index (χ0n) is 12.9. The van der Waals surface area contributed by atoms with E-state index in [4.69, 9.17) is 0 Å². The molecule has 0 unspecified atom stereocenters. The minimum atomic E-state index is -0.248. The number of rotatable bonds is 5. The third kappa shape index (κ3) is 4.21. The van der Waals surface area contributed by atoms with Gasteiger partial charge in [-0.05, 0) is 11.4 Å². The number of carbonyl (C=O) groups excluding carboxylic acids is 1. The molecule has 132 valence electrons. The normalized spacial score (nSPS) is 13.1. The Morgan fingerprint density at radius 3 is 3.16 bits per heavy atom. The van der Waals surface area contributed by atoms with Crippen LogP contribution in [0.2, 0.25) is 0 Å². The van der Waals surface area contributed by atoms with E-state index in [1.54, 1.807) is 23.1 Å². The largest absolute Gasteiger partial charge is 0.312 e. The van der Waals surface area contributed by atoms with Crippen LogP contribution in [0.5, 0.6) is 0 Å². The number of H-pyrrole nitrogens is 1. The lowest BCUT2D eigenvalue weighted by molar-refractivity contribution is 0.102. The van der Waals surface area contributed by atoms with Crippen molar-refractivity contribution in [2.24, 2.45) is 0 Å². The zero-order valence-corrected chi connectivity index (χ0v) is 16.2. The Kier molecular flexibility index (Phi) is 6.07. The number of halogens is 1. The monoisotopic (exact) mass is 414 g/mol. The van der Waals surface area contributed by atoms with Gasteiger partial charge in [-0.25, -0.2) is 0 Å². The molecule has 3 aromatic heterocycles. The molecule has 3 N–H and O–H groups in total. The SMILES string of the molecule is Cl.O=C(Nc1nnc(SCc2cccs2)s1)c1n[nH]c2c1CNCC2. The summed E-state index contributed by atoms with van der Waals surface area (Å²) in [7, 11) is 0. The molecule has 0 aliphatic carbocycles. The lowest BCUT2D eigenvalue weighted by Crippen LogP contribution is -2.25. The van der Waals surface area contributed by atoms with Crippen molar-refractivity contribution >= 4 is 57.9 Å². The standard InChI is InChI=1S/C14H14N6OS3.ClH/c21-12(11-9-6-15-4-3-10(9)17-18-11)16-13-19-20-14(24-13)23-7-8-2-1-5-22-8;/h1-2,5,15H,3-4,6-7H2,(H,17,18)(H,16,19,21);1H. The van der Waals surface area contributed by atoms with Crippen LogP contribution in [-0.4, -0.2) is 32.8 Å². The van der Waals surface area contributed by atoms with E-state index in [2.05, 4.69) is 42.5 Å². The number of aromatic nitrogens is 4. The Morgan fingerprint density at radius 1 is 1.40 bits per heavy atom. The second kappa shape index (κ2) is 8.28. The zero-order chi connectivity index (χ0) is 16.4. The van der Waals surface area contributed by atoms with Crippen molar-refractivity contribution in [1.82, 2.24) is 25.7 Å². The third-order valence-corrected chi connectivity index (χ3v) is 6.65. The van der Waals surface area contributed by atoms with E-state index < -0.39 is 0 Å². The van der Waals surface area contributed by atoms with Gasteiger partial charge in [-0.1, -0.05) is 29.2 Å². The van der Waals surface area contributed by atoms with Crippen molar-refractivity contribution < 1.29 is 4.79 Å². The third-order valence-electron chi connectivity index (χ3n) is 3.57. The van der Waals surface area contributed by atoms with Crippen LogP contribution in [0.25, 0.3) is 0 Å². The van der Waals surface area contributed by atoms with Gasteiger partial charge in [-0.2, -0.15) is 5.10 Å². The second-order valence-corrected chi connectivity index (χ2v) is 8.38. The minimum absolute atomic E-state index is 0. The van der Waals surface area contributed by atoms with Gasteiger partial charge in [0.25, 0.3) is 5.91 Å². The Bertz CT molecular complexity index is 847. The highest BCUT2D eigenvalue weighted by Gasteiger charge is 2.22. The fraction of sp³-hybridized carbons (Fsp3) is 0.286. The number of fused-ring (bicyclic) bond motifs is 1. The number of nitrogens with zero attached hydrogens (tertiary/aromatic N) is 3. The van der Waals surface area contributed by atoms with Gasteiger partial charge in [-0.3, -0.25) is 15.2 Å². The smallest absolute Gasteiger partial charge is 0.278 e. The molecule has 4 rings (SSSR count). The van der Waals surface area contributed by atoms with Gasteiger partial charge in [0, 0.05) is 41.4 Å². The number of thiophene rings is 1. The van der Waals surface area contributed by atoms with Crippen molar-refractivity contribution in [2.75, 3.05) is 11.9 Å². The summed E-state index contributed by atoms with van der Waals surface area (Å²) in [4.78, 5) is 13.7. The van der Waals surface area contributed by atoms with Crippen LogP contribution in [-0.2, 0) is 18.7 Å². The van der Waals surface area contributed by atoms with Crippen molar-refractivity contribution in [1.29, 1.82) is 0 Å². The van der Waals surface area contributed by atoms with Crippen molar-refractivity contribution in [3.63, 3.8) is 0 Å². The predicted molar refractivity (Wildman–Crippen MR) is 103 cm³/mol. The average Bonchev–Trinajstić information content (AvgIpc) is 3.33. The summed E-state index contributed by atoms with van der Waals surface area (Å²) in [5.74, 6) is 0.612. The topological polar surface area (TPSA) is 95.6 Å². The molecule has 25 heavy (non-hydrogen) atoms. The second-order valence-electron chi connectivity index (χ2n) is 5.15. The van der Waals surface area contributed by atoms with Gasteiger partial charge in [0.15, 0.2) is 10.0 Å². The number of hydrogen-bond acceptors (Lipinski definition) is 8. The molecule has 0 fully saturated rings. The van der Waals surface area contributed by atoms with Crippen molar-refractivity contribution in [3.05, 3.63) is 39.3 Å². The summed E-state index contributed by atoms with van der Waals surface area (Å²) in [5, 5.41) is 23.9. The van der Waals surface area contributed by atoms with E-state index in [9.17, 15) is 4.79 Å². The molecule has 3 aromatic rings. The van der Waals surface area contributed by atoms with Crippen LogP contribution in [0.15, 0.2) is 21.9 Å². The molecular formula is C14H15ClN6OS3. The molecule has 1 aliphatic heterocycles. The Hall–Kier alpha value is -1.46. The highest BCUT2D eigenvalue weighted by atomic mass is 35.5. The molecule has 0 radical (unpaired) electrons. The molecular weight excluding hydrogens is 400 g/mol. The van der Waals surface area contributed by atoms with Crippen LogP contribution >= 0.6 is 46.8 Å². The first-order valence-corrected chi connectivity index (χ1v) is 10.0. The van der Waals surface area contributed by atoms with Crippen LogP contribution in [0.3, 0.4) is 0 Å². The van der Waals surface area contributed by atoms with Gasteiger partial charge in [-0.15, -0.1) is 33.9 Å². The first kappa shape index (κ1) is 18.3. The van der Waals surface area contributed by atoms with Gasteiger partial charge in [0.2, 0.25) is 5.13 Å². The maximum absolute atomic E-state index is 12.4. The van der Waals surface area contributed by atoms with Crippen LogP contribution in [0.4, 0.5) is 5.13 Å². The molecule has 0 aromatic carbocycles. The molecule has 1 aliphatic rings. The van der Waals surface area contributed by atoms with E-state index in [1.165, 1.54) is 16.2 Å². The molecule has 4 heterocycles. The summed E-state index contributed by atoms with van der Waals surface area (Å²) in [6.07, 6.45) is 0.859. The van der Waals surface area contributed by atoms with E-state index in [0.717, 1.165) is 34.3 Å². The van der Waals surface area contributed by atoms with Crippen molar-refractivity contribution in [3.8, 4) is 0 Å². The van der Waals surface area contributed by atoms with Gasteiger partial charge < -0.3 is 5.32 Å². The first-order chi connectivity index (χ1) is 11.8. The van der Waals surface area contributed by atoms with E-state index >= 15 is 0 Å². The van der Waals surface area contributed by atoms with Crippen molar-refractivity contribution in [2.45, 2.75) is 23.1 Å². The molecule has 0 atom stereocenters. The summed E-state index contributed by atoms with van der Waals surface area (Å²) < 4.78 is 0.837. The van der Waals surface area contributed by atoms with Gasteiger partial charge in [0.1, 0.15) is 0 Å². The van der Waals surface area contributed by atoms with E-state index in [0.29, 0.717) is 17.4 Å². The first-order valence-electron chi connectivity index (χ1n) is 7.36. The summed E-state index contributed by atoms with van der Waals surface area (Å²) in [5.41, 5.74) is 2.40. The molecule has 7 nitrogen and oxygen atoms in total. The lowest BCUT2D eigenvalue weighted by atomic mass is 10.1. The predicted octanol–water partition coefficient (Wildman–Crippen LogP) is 2.93. The quantitative estimate of drug-likeness (QED) is 0.439. The highest BCUT2D eigenvalue weighted by molar-refractivity contribution is 8.00. The molecule has 11 heteroatoms. The molecule has 0 saturated heterocycles. The number of nitrogens with one attached hydrogen (secondary N) is 3. The Labute approximate surface area is 162 Å². The molecule has 1 amide bonds. The Balaban J connectivity index is 0.00000182. The number of aromatic amines is 1. The fourth-order valence-corrected chi connectivity index (χ4v) is 4.94.